The van der Waals surface area contributed by atoms with Crippen LogP contribution in [0, 0.1) is 17.2 Å². The highest BCUT2D eigenvalue weighted by atomic mass is 14.9. The van der Waals surface area contributed by atoms with E-state index < -0.39 is 0 Å². The van der Waals surface area contributed by atoms with Gasteiger partial charge in [-0.15, -0.1) is 0 Å². The fourth-order valence-corrected chi connectivity index (χ4v) is 0.605. The maximum Gasteiger partial charge on any atom is 0.0625 e. The van der Waals surface area contributed by atoms with Crippen molar-refractivity contribution < 1.29 is 0 Å². The molecule has 0 aliphatic carbocycles. The van der Waals surface area contributed by atoms with Crippen molar-refractivity contribution in [2.75, 3.05) is 7.05 Å². The summed E-state index contributed by atoms with van der Waals surface area (Å²) in [5.74, 6) is 0.458. The van der Waals surface area contributed by atoms with Gasteiger partial charge in [0.15, 0.2) is 0 Å². The molecule has 1 N–H and O–H groups in total. The van der Waals surface area contributed by atoms with Crippen molar-refractivity contribution in [2.24, 2.45) is 5.92 Å². The second-order valence-electron chi connectivity index (χ2n) is 2.42. The Morgan fingerprint density at radius 3 is 2.44 bits per heavy atom. The van der Waals surface area contributed by atoms with Crippen LogP contribution in [0.4, 0.5) is 0 Å². The van der Waals surface area contributed by atoms with E-state index in [-0.39, 0.29) is 0 Å². The molecule has 0 aliphatic rings. The Hall–Kier alpha value is -0.550. The lowest BCUT2D eigenvalue weighted by atomic mass is 10.0. The summed E-state index contributed by atoms with van der Waals surface area (Å²) >= 11 is 0. The third-order valence-electron chi connectivity index (χ3n) is 1.72. The lowest BCUT2D eigenvalue weighted by molar-refractivity contribution is 0.433. The van der Waals surface area contributed by atoms with Crippen molar-refractivity contribution in [1.82, 2.24) is 5.32 Å². The maximum atomic E-state index is 8.30. The Balaban J connectivity index is 3.48. The molecular weight excluding hydrogens is 112 g/mol. The number of hydrogen-bond acceptors (Lipinski definition) is 2. The summed E-state index contributed by atoms with van der Waals surface area (Å²) in [5, 5.41) is 11.4. The van der Waals surface area contributed by atoms with Gasteiger partial charge < -0.3 is 5.32 Å². The summed E-state index contributed by atoms with van der Waals surface area (Å²) in [4.78, 5) is 0. The van der Waals surface area contributed by atoms with Crippen LogP contribution in [0.5, 0.6) is 0 Å². The first-order chi connectivity index (χ1) is 4.22. The molecule has 0 spiro atoms. The van der Waals surface area contributed by atoms with Gasteiger partial charge in [-0.25, -0.2) is 0 Å². The summed E-state index contributed by atoms with van der Waals surface area (Å²) in [6.45, 7) is 4.16. The van der Waals surface area contributed by atoms with Gasteiger partial charge in [0, 0.05) is 12.5 Å². The standard InChI is InChI=1S/C7H14N2/c1-6(4-5-8)7(2)9-3/h6-7,9H,4H2,1-3H3. The van der Waals surface area contributed by atoms with Gasteiger partial charge in [-0.3, -0.25) is 0 Å². The Morgan fingerprint density at radius 2 is 2.11 bits per heavy atom. The summed E-state index contributed by atoms with van der Waals surface area (Å²) in [6.07, 6.45) is 0.641. The zero-order valence-corrected chi connectivity index (χ0v) is 6.31. The van der Waals surface area contributed by atoms with Gasteiger partial charge >= 0.3 is 0 Å². The number of rotatable bonds is 3. The molecule has 2 unspecified atom stereocenters. The molecule has 52 valence electrons. The molecule has 0 aliphatic heterocycles. The first kappa shape index (κ1) is 8.45. The van der Waals surface area contributed by atoms with Crippen molar-refractivity contribution in [3.05, 3.63) is 0 Å². The molecule has 0 radical (unpaired) electrons. The molecule has 0 aromatic carbocycles. The second kappa shape index (κ2) is 4.34. The lowest BCUT2D eigenvalue weighted by Gasteiger charge is -2.15. The highest BCUT2D eigenvalue weighted by Gasteiger charge is 2.07. The lowest BCUT2D eigenvalue weighted by Crippen LogP contribution is -2.28. The third kappa shape index (κ3) is 3.10. The van der Waals surface area contributed by atoms with Crippen LogP contribution in [0.2, 0.25) is 0 Å². The van der Waals surface area contributed by atoms with Gasteiger partial charge in [0.1, 0.15) is 0 Å². The molecule has 0 aromatic rings. The summed E-state index contributed by atoms with van der Waals surface area (Å²) < 4.78 is 0. The SMILES string of the molecule is CNC(C)C(C)CC#N. The molecule has 9 heavy (non-hydrogen) atoms. The Morgan fingerprint density at radius 1 is 1.56 bits per heavy atom. The maximum absolute atomic E-state index is 8.30. The van der Waals surface area contributed by atoms with E-state index in [2.05, 4.69) is 25.2 Å². The highest BCUT2D eigenvalue weighted by Crippen LogP contribution is 2.04. The number of nitrogens with one attached hydrogen (secondary N) is 1. The molecule has 0 saturated heterocycles. The van der Waals surface area contributed by atoms with Gasteiger partial charge in [0.2, 0.25) is 0 Å². The van der Waals surface area contributed by atoms with E-state index in [1.165, 1.54) is 0 Å². The fraction of sp³-hybridized carbons (Fsp3) is 0.857. The third-order valence-corrected chi connectivity index (χ3v) is 1.72. The molecule has 0 bridgehead atoms. The topological polar surface area (TPSA) is 35.8 Å². The molecule has 0 amide bonds. The van der Waals surface area contributed by atoms with Crippen molar-refractivity contribution in [2.45, 2.75) is 26.3 Å². The predicted octanol–water partition coefficient (Wildman–Crippen LogP) is 1.14. The Bertz CT molecular complexity index is 104. The van der Waals surface area contributed by atoms with Gasteiger partial charge in [-0.2, -0.15) is 5.26 Å². The molecule has 2 heteroatoms. The predicted molar refractivity (Wildman–Crippen MR) is 37.9 cm³/mol. The zero-order valence-electron chi connectivity index (χ0n) is 6.31. The van der Waals surface area contributed by atoms with E-state index in [1.54, 1.807) is 0 Å². The van der Waals surface area contributed by atoms with E-state index >= 15 is 0 Å². The Labute approximate surface area is 56.9 Å². The monoisotopic (exact) mass is 126 g/mol. The van der Waals surface area contributed by atoms with Gasteiger partial charge in [0.05, 0.1) is 6.07 Å². The Kier molecular flexibility index (Phi) is 4.08. The first-order valence-electron chi connectivity index (χ1n) is 3.26. The van der Waals surface area contributed by atoms with E-state index in [9.17, 15) is 0 Å². The number of nitriles is 1. The van der Waals surface area contributed by atoms with Crippen LogP contribution in [0.15, 0.2) is 0 Å². The fourth-order valence-electron chi connectivity index (χ4n) is 0.605. The minimum atomic E-state index is 0.449. The van der Waals surface area contributed by atoms with Crippen LogP contribution in [-0.4, -0.2) is 13.1 Å². The normalized spacial score (nSPS) is 16.2. The van der Waals surface area contributed by atoms with Gasteiger partial charge in [-0.05, 0) is 19.9 Å². The van der Waals surface area contributed by atoms with Crippen molar-refractivity contribution >= 4 is 0 Å². The molecule has 0 heterocycles. The minimum Gasteiger partial charge on any atom is -0.317 e. The quantitative estimate of drug-likeness (QED) is 0.615. The van der Waals surface area contributed by atoms with E-state index in [0.29, 0.717) is 18.4 Å². The van der Waals surface area contributed by atoms with Crippen LogP contribution < -0.4 is 5.32 Å². The van der Waals surface area contributed by atoms with Gasteiger partial charge in [-0.1, -0.05) is 6.92 Å². The molecule has 0 aromatic heterocycles. The highest BCUT2D eigenvalue weighted by molar-refractivity contribution is 4.78. The molecular formula is C7H14N2. The largest absolute Gasteiger partial charge is 0.317 e. The van der Waals surface area contributed by atoms with E-state index in [4.69, 9.17) is 5.26 Å². The summed E-state index contributed by atoms with van der Waals surface area (Å²) in [5.41, 5.74) is 0. The van der Waals surface area contributed by atoms with Crippen LogP contribution in [0.25, 0.3) is 0 Å². The van der Waals surface area contributed by atoms with Crippen LogP contribution in [0.1, 0.15) is 20.3 Å². The van der Waals surface area contributed by atoms with Gasteiger partial charge in [0.25, 0.3) is 0 Å². The molecule has 0 saturated carbocycles. The van der Waals surface area contributed by atoms with Crippen molar-refractivity contribution in [3.63, 3.8) is 0 Å². The summed E-state index contributed by atoms with van der Waals surface area (Å²) in [7, 11) is 1.92. The minimum absolute atomic E-state index is 0.449. The molecule has 0 rings (SSSR count). The average Bonchev–Trinajstić information content (AvgIpc) is 1.87. The van der Waals surface area contributed by atoms with E-state index in [1.807, 2.05) is 7.05 Å². The molecule has 2 atom stereocenters. The van der Waals surface area contributed by atoms with Crippen molar-refractivity contribution in [1.29, 1.82) is 5.26 Å². The average molecular weight is 126 g/mol. The number of nitrogens with zero attached hydrogens (tertiary/aromatic N) is 1. The first-order valence-corrected chi connectivity index (χ1v) is 3.26. The van der Waals surface area contributed by atoms with Crippen LogP contribution >= 0.6 is 0 Å². The smallest absolute Gasteiger partial charge is 0.0625 e. The van der Waals surface area contributed by atoms with E-state index in [0.717, 1.165) is 0 Å². The summed E-state index contributed by atoms with van der Waals surface area (Å²) in [6, 6.07) is 2.59. The zero-order chi connectivity index (χ0) is 7.28. The second-order valence-corrected chi connectivity index (χ2v) is 2.42. The molecule has 0 fully saturated rings. The molecule has 2 nitrogen and oxygen atoms in total. The number of hydrogen-bond donors (Lipinski definition) is 1. The van der Waals surface area contributed by atoms with Crippen LogP contribution in [-0.2, 0) is 0 Å². The van der Waals surface area contributed by atoms with Crippen molar-refractivity contribution in [3.8, 4) is 6.07 Å². The van der Waals surface area contributed by atoms with Crippen LogP contribution in [0.3, 0.4) is 0 Å².